The van der Waals surface area contributed by atoms with Crippen molar-refractivity contribution in [2.45, 2.75) is 32.5 Å². The van der Waals surface area contributed by atoms with Crippen molar-refractivity contribution in [2.24, 2.45) is 5.73 Å². The van der Waals surface area contributed by atoms with Crippen molar-refractivity contribution in [3.63, 3.8) is 0 Å². The van der Waals surface area contributed by atoms with Crippen LogP contribution in [0.2, 0.25) is 0 Å². The van der Waals surface area contributed by atoms with Crippen molar-refractivity contribution in [2.75, 3.05) is 30.3 Å². The summed E-state index contributed by atoms with van der Waals surface area (Å²) in [6.07, 6.45) is 1.88. The van der Waals surface area contributed by atoms with Crippen molar-refractivity contribution < 1.29 is 14.3 Å². The number of nitrogens with one attached hydrogen (secondary N) is 4. The second kappa shape index (κ2) is 15.6. The van der Waals surface area contributed by atoms with Crippen LogP contribution in [0, 0.1) is 10.8 Å². The number of carbonyl (C=O) groups is 1. The SMILES string of the molecule is CC(=N)N1CCC(Oc2ccc(NC(=O)CNc3cc(C(=N)N)ccc3OCc3ccccc3)cc2)CC1.Cl.Cl. The van der Waals surface area contributed by atoms with E-state index in [-0.39, 0.29) is 49.2 Å². The van der Waals surface area contributed by atoms with Crippen LogP contribution < -0.4 is 25.8 Å². The highest BCUT2D eigenvalue weighted by atomic mass is 35.5. The van der Waals surface area contributed by atoms with Gasteiger partial charge in [0, 0.05) is 37.2 Å². The number of nitrogen functional groups attached to an aromatic ring is 1. The van der Waals surface area contributed by atoms with Gasteiger partial charge < -0.3 is 30.7 Å². The van der Waals surface area contributed by atoms with Crippen molar-refractivity contribution >= 4 is 53.8 Å². The van der Waals surface area contributed by atoms with Gasteiger partial charge >= 0.3 is 0 Å². The van der Waals surface area contributed by atoms with Gasteiger partial charge in [-0.05, 0) is 55.0 Å². The van der Waals surface area contributed by atoms with E-state index in [1.54, 1.807) is 18.2 Å². The van der Waals surface area contributed by atoms with Gasteiger partial charge in [-0.25, -0.2) is 0 Å². The van der Waals surface area contributed by atoms with Gasteiger partial charge in [0.2, 0.25) is 5.91 Å². The molecule has 9 nitrogen and oxygen atoms in total. The lowest BCUT2D eigenvalue weighted by Crippen LogP contribution is -2.40. The van der Waals surface area contributed by atoms with E-state index in [1.807, 2.05) is 61.5 Å². The number of carbonyl (C=O) groups excluding carboxylic acids is 1. The molecule has 4 rings (SSSR count). The molecule has 3 aromatic rings. The monoisotopic (exact) mass is 586 g/mol. The number of hydrogen-bond acceptors (Lipinski definition) is 6. The molecule has 3 aromatic carbocycles. The minimum absolute atomic E-state index is 0. The van der Waals surface area contributed by atoms with Gasteiger partial charge in [0.1, 0.15) is 30.0 Å². The fourth-order valence-electron chi connectivity index (χ4n) is 4.20. The molecule has 1 fully saturated rings. The summed E-state index contributed by atoms with van der Waals surface area (Å²) in [5.74, 6) is 1.63. The molecule has 0 bridgehead atoms. The number of likely N-dealkylation sites (tertiary alicyclic amines) is 1. The third-order valence-corrected chi connectivity index (χ3v) is 6.32. The molecule has 0 aliphatic carbocycles. The minimum atomic E-state index is -0.227. The third-order valence-electron chi connectivity index (χ3n) is 6.32. The number of ether oxygens (including phenoxy) is 2. The lowest BCUT2D eigenvalue weighted by molar-refractivity contribution is -0.114. The average molecular weight is 588 g/mol. The van der Waals surface area contributed by atoms with Gasteiger partial charge in [0.25, 0.3) is 0 Å². The van der Waals surface area contributed by atoms with Gasteiger partial charge in [0.15, 0.2) is 0 Å². The maximum Gasteiger partial charge on any atom is 0.243 e. The lowest BCUT2D eigenvalue weighted by Gasteiger charge is -2.32. The Hall–Kier alpha value is -3.95. The van der Waals surface area contributed by atoms with Gasteiger partial charge in [-0.2, -0.15) is 0 Å². The molecule has 1 saturated heterocycles. The summed E-state index contributed by atoms with van der Waals surface area (Å²) in [5, 5.41) is 21.5. The molecular weight excluding hydrogens is 551 g/mol. The van der Waals surface area contributed by atoms with E-state index in [4.69, 9.17) is 26.0 Å². The van der Waals surface area contributed by atoms with E-state index in [9.17, 15) is 4.79 Å². The molecule has 40 heavy (non-hydrogen) atoms. The van der Waals surface area contributed by atoms with Gasteiger partial charge in [-0.3, -0.25) is 15.6 Å². The molecule has 1 heterocycles. The summed E-state index contributed by atoms with van der Waals surface area (Å²) in [6.45, 7) is 3.85. The van der Waals surface area contributed by atoms with Crippen molar-refractivity contribution in [3.05, 3.63) is 83.9 Å². The Balaban J connectivity index is 0.00000280. The van der Waals surface area contributed by atoms with E-state index in [2.05, 4.69) is 15.5 Å². The highest BCUT2D eigenvalue weighted by Crippen LogP contribution is 2.27. The molecule has 0 radical (unpaired) electrons. The summed E-state index contributed by atoms with van der Waals surface area (Å²) < 4.78 is 12.1. The van der Waals surface area contributed by atoms with Crippen LogP contribution in [-0.2, 0) is 11.4 Å². The maximum absolute atomic E-state index is 12.6. The molecule has 0 spiro atoms. The zero-order valence-corrected chi connectivity index (χ0v) is 23.9. The number of piperidine rings is 1. The zero-order valence-electron chi connectivity index (χ0n) is 22.3. The van der Waals surface area contributed by atoms with Crippen molar-refractivity contribution in [3.8, 4) is 11.5 Å². The number of nitrogens with zero attached hydrogens (tertiary/aromatic N) is 1. The fourth-order valence-corrected chi connectivity index (χ4v) is 4.20. The molecule has 1 aliphatic heterocycles. The standard InChI is InChI=1S/C29H34N6O3.2ClH/c1-20(30)35-15-13-25(14-16-35)38-24-10-8-23(9-11-24)34-28(36)18-33-26-17-22(29(31)32)7-12-27(26)37-19-21-5-3-2-4-6-21;;/h2-12,17,25,30,33H,13-16,18-19H2,1H3,(H3,31,32)(H,34,36);2*1H. The molecule has 11 heteroatoms. The second-order valence-corrected chi connectivity index (χ2v) is 9.21. The van der Waals surface area contributed by atoms with Crippen LogP contribution in [0.3, 0.4) is 0 Å². The Morgan fingerprint density at radius 1 is 1.00 bits per heavy atom. The summed E-state index contributed by atoms with van der Waals surface area (Å²) in [6, 6.07) is 22.3. The first-order valence-electron chi connectivity index (χ1n) is 12.6. The Kier molecular flexibility index (Phi) is 12.6. The van der Waals surface area contributed by atoms with Crippen LogP contribution in [0.25, 0.3) is 0 Å². The smallest absolute Gasteiger partial charge is 0.243 e. The van der Waals surface area contributed by atoms with Crippen LogP contribution in [0.15, 0.2) is 72.8 Å². The first-order valence-corrected chi connectivity index (χ1v) is 12.6. The topological polar surface area (TPSA) is 137 Å². The van der Waals surface area contributed by atoms with E-state index >= 15 is 0 Å². The fraction of sp³-hybridized carbons (Fsp3) is 0.276. The van der Waals surface area contributed by atoms with Crippen LogP contribution in [0.1, 0.15) is 30.9 Å². The van der Waals surface area contributed by atoms with Crippen molar-refractivity contribution in [1.29, 1.82) is 10.8 Å². The number of amides is 1. The van der Waals surface area contributed by atoms with E-state index in [1.165, 1.54) is 0 Å². The zero-order chi connectivity index (χ0) is 26.9. The first kappa shape index (κ1) is 32.3. The number of amidine groups is 2. The Labute approximate surface area is 247 Å². The van der Waals surface area contributed by atoms with E-state index in [0.29, 0.717) is 35.1 Å². The summed E-state index contributed by atoms with van der Waals surface area (Å²) in [4.78, 5) is 14.7. The Morgan fingerprint density at radius 2 is 1.68 bits per heavy atom. The van der Waals surface area contributed by atoms with E-state index in [0.717, 1.165) is 37.2 Å². The molecule has 1 aliphatic rings. The number of benzene rings is 3. The average Bonchev–Trinajstić information content (AvgIpc) is 2.93. The number of halogens is 2. The largest absolute Gasteiger partial charge is 0.490 e. The number of anilines is 2. The van der Waals surface area contributed by atoms with Crippen LogP contribution in [0.5, 0.6) is 11.5 Å². The van der Waals surface area contributed by atoms with Gasteiger partial charge in [-0.1, -0.05) is 30.3 Å². The molecule has 0 atom stereocenters. The van der Waals surface area contributed by atoms with E-state index < -0.39 is 0 Å². The minimum Gasteiger partial charge on any atom is -0.490 e. The highest BCUT2D eigenvalue weighted by molar-refractivity contribution is 5.97. The third kappa shape index (κ3) is 9.36. The van der Waals surface area contributed by atoms with Gasteiger partial charge in [0.05, 0.1) is 18.1 Å². The maximum atomic E-state index is 12.6. The molecular formula is C29H36Cl2N6O3. The van der Waals surface area contributed by atoms with Crippen LogP contribution in [-0.4, -0.2) is 48.2 Å². The molecule has 1 amide bonds. The summed E-state index contributed by atoms with van der Waals surface area (Å²) >= 11 is 0. The molecule has 0 unspecified atom stereocenters. The molecule has 0 aromatic heterocycles. The lowest BCUT2D eigenvalue weighted by atomic mass is 10.1. The Bertz CT molecular complexity index is 1270. The van der Waals surface area contributed by atoms with Crippen molar-refractivity contribution in [1.82, 2.24) is 4.90 Å². The predicted molar refractivity (Wildman–Crippen MR) is 165 cm³/mol. The first-order chi connectivity index (χ1) is 18.4. The van der Waals surface area contributed by atoms with Gasteiger partial charge in [-0.15, -0.1) is 24.8 Å². The summed E-state index contributed by atoms with van der Waals surface area (Å²) in [7, 11) is 0. The quantitative estimate of drug-likeness (QED) is 0.162. The van der Waals surface area contributed by atoms with Crippen LogP contribution in [0.4, 0.5) is 11.4 Å². The highest BCUT2D eigenvalue weighted by Gasteiger charge is 2.20. The second-order valence-electron chi connectivity index (χ2n) is 9.21. The molecule has 214 valence electrons. The predicted octanol–water partition coefficient (Wildman–Crippen LogP) is 5.28. The number of hydrogen-bond donors (Lipinski definition) is 5. The number of nitrogens with two attached hydrogens (primary N) is 1. The Morgan fingerprint density at radius 3 is 2.30 bits per heavy atom. The van der Waals surface area contributed by atoms with Crippen LogP contribution >= 0.6 is 24.8 Å². The molecule has 6 N–H and O–H groups in total. The number of rotatable bonds is 10. The molecule has 0 saturated carbocycles. The summed E-state index contributed by atoms with van der Waals surface area (Å²) in [5.41, 5.74) is 8.46. The normalized spacial score (nSPS) is 12.8.